The number of para-hydroxylation sites is 1. The monoisotopic (exact) mass is 276 g/mol. The van der Waals surface area contributed by atoms with E-state index in [1.165, 1.54) is 5.56 Å². The zero-order valence-corrected chi connectivity index (χ0v) is 11.6. The number of hydrogen-bond acceptors (Lipinski definition) is 5. The molecule has 0 bridgehead atoms. The molecule has 4 nitrogen and oxygen atoms in total. The summed E-state index contributed by atoms with van der Waals surface area (Å²) in [5.74, 6) is 0.956. The van der Waals surface area contributed by atoms with E-state index in [9.17, 15) is 5.11 Å². The Balaban J connectivity index is 1.85. The number of ether oxygens (including phenoxy) is 1. The number of aliphatic hydroxyl groups excluding tert-OH is 1. The molecule has 5 heteroatoms. The van der Waals surface area contributed by atoms with Gasteiger partial charge in [-0.05, 0) is 13.0 Å². The van der Waals surface area contributed by atoms with Crippen LogP contribution in [0.5, 0.6) is 5.75 Å². The Morgan fingerprint density at radius 3 is 3.05 bits per heavy atom. The lowest BCUT2D eigenvalue weighted by molar-refractivity contribution is 0.195. The second-order valence-corrected chi connectivity index (χ2v) is 5.45. The summed E-state index contributed by atoms with van der Waals surface area (Å²) in [5.41, 5.74) is 1.91. The zero-order valence-electron chi connectivity index (χ0n) is 10.7. The number of aliphatic hydroxyl groups is 1. The van der Waals surface area contributed by atoms with Crippen molar-refractivity contribution in [2.45, 2.75) is 19.6 Å². The van der Waals surface area contributed by atoms with Gasteiger partial charge in [-0.2, -0.15) is 0 Å². The molecule has 2 heterocycles. The fourth-order valence-corrected chi connectivity index (χ4v) is 3.04. The number of nitrogens with zero attached hydrogens (tertiary/aromatic N) is 2. The third-order valence-electron chi connectivity index (χ3n) is 3.16. The van der Waals surface area contributed by atoms with E-state index in [0.717, 1.165) is 29.7 Å². The van der Waals surface area contributed by atoms with Crippen molar-refractivity contribution in [1.82, 2.24) is 4.98 Å². The highest BCUT2D eigenvalue weighted by atomic mass is 32.1. The molecule has 0 spiro atoms. The van der Waals surface area contributed by atoms with Crippen molar-refractivity contribution in [3.8, 4) is 5.75 Å². The Morgan fingerprint density at radius 2 is 2.26 bits per heavy atom. The largest absolute Gasteiger partial charge is 0.491 e. The molecule has 1 aliphatic heterocycles. The van der Waals surface area contributed by atoms with Gasteiger partial charge in [-0.1, -0.05) is 18.2 Å². The van der Waals surface area contributed by atoms with E-state index in [1.807, 2.05) is 23.6 Å². The normalized spacial score (nSPS) is 16.4. The Morgan fingerprint density at radius 1 is 1.42 bits per heavy atom. The lowest BCUT2D eigenvalue weighted by Crippen LogP contribution is -2.25. The number of hydrogen-bond donors (Lipinski definition) is 1. The quantitative estimate of drug-likeness (QED) is 0.916. The molecule has 1 aromatic carbocycles. The van der Waals surface area contributed by atoms with E-state index < -0.39 is 6.10 Å². The third kappa shape index (κ3) is 2.57. The van der Waals surface area contributed by atoms with Crippen LogP contribution in [0.1, 0.15) is 24.3 Å². The average Bonchev–Trinajstić information content (AvgIpc) is 2.80. The van der Waals surface area contributed by atoms with Crippen molar-refractivity contribution in [3.05, 3.63) is 40.9 Å². The predicted molar refractivity (Wildman–Crippen MR) is 75.7 cm³/mol. The highest BCUT2D eigenvalue weighted by Gasteiger charge is 2.18. The van der Waals surface area contributed by atoms with Gasteiger partial charge in [0, 0.05) is 17.5 Å². The maximum absolute atomic E-state index is 9.55. The van der Waals surface area contributed by atoms with E-state index >= 15 is 0 Å². The molecule has 0 amide bonds. The third-order valence-corrected chi connectivity index (χ3v) is 4.08. The first-order chi connectivity index (χ1) is 9.24. The fourth-order valence-electron chi connectivity index (χ4n) is 2.10. The predicted octanol–water partition coefficient (Wildman–Crippen LogP) is 2.60. The summed E-state index contributed by atoms with van der Waals surface area (Å²) in [5, 5.41) is 12.4. The highest BCUT2D eigenvalue weighted by Crippen LogP contribution is 2.29. The first-order valence-electron chi connectivity index (χ1n) is 6.33. The molecule has 1 atom stereocenters. The minimum atomic E-state index is -0.513. The van der Waals surface area contributed by atoms with Crippen molar-refractivity contribution in [3.63, 3.8) is 0 Å². The van der Waals surface area contributed by atoms with Gasteiger partial charge >= 0.3 is 0 Å². The van der Waals surface area contributed by atoms with Gasteiger partial charge in [0.2, 0.25) is 0 Å². The van der Waals surface area contributed by atoms with Crippen LogP contribution in [-0.4, -0.2) is 23.2 Å². The molecule has 0 saturated carbocycles. The van der Waals surface area contributed by atoms with E-state index in [2.05, 4.69) is 16.0 Å². The van der Waals surface area contributed by atoms with Gasteiger partial charge < -0.3 is 14.7 Å². The van der Waals surface area contributed by atoms with Gasteiger partial charge in [-0.25, -0.2) is 4.98 Å². The standard InChI is InChI=1S/C14H16N2O2S/c1-10(17)12-9-19-14(15-12)16-6-7-18-13-5-3-2-4-11(13)8-16/h2-5,9-10,17H,6-8H2,1H3. The van der Waals surface area contributed by atoms with Crippen LogP contribution in [0, 0.1) is 0 Å². The summed E-state index contributed by atoms with van der Waals surface area (Å²) < 4.78 is 5.74. The number of thiazole rings is 1. The SMILES string of the molecule is CC(O)c1csc(N2CCOc3ccccc3C2)n1. The smallest absolute Gasteiger partial charge is 0.186 e. The summed E-state index contributed by atoms with van der Waals surface area (Å²) >= 11 is 1.57. The first kappa shape index (κ1) is 12.4. The molecule has 0 fully saturated rings. The van der Waals surface area contributed by atoms with Gasteiger partial charge in [0.1, 0.15) is 12.4 Å². The van der Waals surface area contributed by atoms with E-state index in [1.54, 1.807) is 18.3 Å². The van der Waals surface area contributed by atoms with Crippen molar-refractivity contribution < 1.29 is 9.84 Å². The molecule has 0 radical (unpaired) electrons. The number of rotatable bonds is 2. The van der Waals surface area contributed by atoms with Crippen molar-refractivity contribution in [1.29, 1.82) is 0 Å². The first-order valence-corrected chi connectivity index (χ1v) is 7.21. The van der Waals surface area contributed by atoms with Crippen LogP contribution in [0.3, 0.4) is 0 Å². The number of aromatic nitrogens is 1. The zero-order chi connectivity index (χ0) is 13.2. The van der Waals surface area contributed by atoms with Crippen molar-refractivity contribution in [2.75, 3.05) is 18.1 Å². The molecule has 0 aliphatic carbocycles. The minimum Gasteiger partial charge on any atom is -0.491 e. The maximum Gasteiger partial charge on any atom is 0.186 e. The van der Waals surface area contributed by atoms with Gasteiger partial charge in [0.05, 0.1) is 18.3 Å². The molecular formula is C14H16N2O2S. The molecular weight excluding hydrogens is 260 g/mol. The Kier molecular flexibility index (Phi) is 3.40. The molecule has 0 saturated heterocycles. The van der Waals surface area contributed by atoms with Gasteiger partial charge in [0.15, 0.2) is 5.13 Å². The topological polar surface area (TPSA) is 45.6 Å². The summed E-state index contributed by atoms with van der Waals surface area (Å²) in [7, 11) is 0. The van der Waals surface area contributed by atoms with Crippen LogP contribution in [0.25, 0.3) is 0 Å². The van der Waals surface area contributed by atoms with Crippen molar-refractivity contribution in [2.24, 2.45) is 0 Å². The fraction of sp³-hybridized carbons (Fsp3) is 0.357. The molecule has 3 rings (SSSR count). The lowest BCUT2D eigenvalue weighted by atomic mass is 10.2. The second kappa shape index (κ2) is 5.19. The van der Waals surface area contributed by atoms with Crippen LogP contribution < -0.4 is 9.64 Å². The van der Waals surface area contributed by atoms with Crippen LogP contribution in [0.15, 0.2) is 29.6 Å². The van der Waals surface area contributed by atoms with Crippen molar-refractivity contribution >= 4 is 16.5 Å². The van der Waals surface area contributed by atoms with E-state index in [0.29, 0.717) is 6.61 Å². The summed E-state index contributed by atoms with van der Waals surface area (Å²) in [4.78, 5) is 6.68. The van der Waals surface area contributed by atoms with E-state index in [-0.39, 0.29) is 0 Å². The molecule has 1 aromatic heterocycles. The molecule has 1 N–H and O–H groups in total. The number of benzene rings is 1. The maximum atomic E-state index is 9.55. The lowest BCUT2D eigenvalue weighted by Gasteiger charge is -2.18. The highest BCUT2D eigenvalue weighted by molar-refractivity contribution is 7.13. The Hall–Kier alpha value is -1.59. The number of anilines is 1. The van der Waals surface area contributed by atoms with E-state index in [4.69, 9.17) is 4.74 Å². The molecule has 19 heavy (non-hydrogen) atoms. The van der Waals surface area contributed by atoms with Crippen LogP contribution in [0.2, 0.25) is 0 Å². The summed E-state index contributed by atoms with van der Waals surface area (Å²) in [6.07, 6.45) is -0.513. The minimum absolute atomic E-state index is 0.513. The van der Waals surface area contributed by atoms with Crippen LogP contribution >= 0.6 is 11.3 Å². The van der Waals surface area contributed by atoms with Gasteiger partial charge in [0.25, 0.3) is 0 Å². The average molecular weight is 276 g/mol. The second-order valence-electron chi connectivity index (χ2n) is 4.61. The van der Waals surface area contributed by atoms with Gasteiger partial charge in [-0.15, -0.1) is 11.3 Å². The molecule has 100 valence electrons. The van der Waals surface area contributed by atoms with Gasteiger partial charge in [-0.3, -0.25) is 0 Å². The molecule has 1 unspecified atom stereocenters. The Bertz CT molecular complexity index is 568. The van der Waals surface area contributed by atoms with Crippen LogP contribution in [0.4, 0.5) is 5.13 Å². The molecule has 2 aromatic rings. The molecule has 1 aliphatic rings. The van der Waals surface area contributed by atoms with Crippen LogP contribution in [-0.2, 0) is 6.54 Å². The summed E-state index contributed by atoms with van der Waals surface area (Å²) in [6, 6.07) is 8.09. The number of fused-ring (bicyclic) bond motifs is 1. The summed E-state index contributed by atoms with van der Waals surface area (Å²) in [6.45, 7) is 3.99. The Labute approximate surface area is 116 Å².